The van der Waals surface area contributed by atoms with Gasteiger partial charge in [0.25, 0.3) is 0 Å². The van der Waals surface area contributed by atoms with E-state index in [9.17, 15) is 14.4 Å². The Balaban J connectivity index is 3.74. The molecule has 0 aromatic carbocycles. The number of nitrogens with zero attached hydrogens (tertiary/aromatic N) is 1. The fourth-order valence-corrected chi connectivity index (χ4v) is 0.265. The molecule has 0 radical (unpaired) electrons. The Kier molecular flexibility index (Phi) is 1.91. The van der Waals surface area contributed by atoms with Gasteiger partial charge in [0.05, 0.1) is 0 Å². The molecule has 0 bridgehead atoms. The molecule has 0 rings (SSSR count). The van der Waals surface area contributed by atoms with Crippen LogP contribution in [0.2, 0.25) is 0 Å². The van der Waals surface area contributed by atoms with Gasteiger partial charge in [0.1, 0.15) is 4.91 Å². The molecule has 0 aliphatic heterocycles. The van der Waals surface area contributed by atoms with Crippen LogP contribution >= 0.6 is 7.82 Å². The van der Waals surface area contributed by atoms with Gasteiger partial charge in [-0.05, 0) is 0 Å². The summed E-state index contributed by atoms with van der Waals surface area (Å²) in [7, 11) is -5.11. The largest absolute Gasteiger partial charge is 0.741 e. The summed E-state index contributed by atoms with van der Waals surface area (Å²) in [6.07, 6.45) is 0. The Bertz CT molecular complexity index is 131. The van der Waals surface area contributed by atoms with Gasteiger partial charge in [-0.25, -0.2) is 5.21 Å². The lowest BCUT2D eigenvalue weighted by molar-refractivity contribution is -0.952. The van der Waals surface area contributed by atoms with E-state index in [1.165, 1.54) is 0 Å². The first-order valence-electron chi connectivity index (χ1n) is 1.31. The molecule has 0 amide bonds. The molecule has 0 aromatic rings. The average Bonchev–Trinajstić information content (AvgIpc) is 1.21. The lowest BCUT2D eigenvalue weighted by Crippen LogP contribution is -2.09. The molecule has 8 heavy (non-hydrogen) atoms. The van der Waals surface area contributed by atoms with Crippen LogP contribution in [0.25, 0.3) is 0 Å². The summed E-state index contributed by atoms with van der Waals surface area (Å²) in [5, 5.41) is 6.04. The number of hydrogen-bond donors (Lipinski definition) is 2. The standard InChI is InChI=1S/H2NO6P/c2-1(3)7-8(4,5)6/h(H2-,2,3,4,5,6). The molecule has 0 spiro atoms. The van der Waals surface area contributed by atoms with E-state index in [1.807, 2.05) is 0 Å². The van der Waals surface area contributed by atoms with Crippen LogP contribution in [0.4, 0.5) is 0 Å². The Labute approximate surface area is 43.2 Å². The normalized spacial score (nSPS) is 16.8. The minimum Gasteiger partial charge on any atom is -0.741 e. The second-order valence-corrected chi connectivity index (χ2v) is 1.89. The van der Waals surface area contributed by atoms with Crippen molar-refractivity contribution >= 4 is 7.82 Å². The lowest BCUT2D eigenvalue weighted by atomic mass is 13.1. The maximum atomic E-state index is 9.40. The van der Waals surface area contributed by atoms with Gasteiger partial charge in [0.2, 0.25) is 0 Å². The van der Waals surface area contributed by atoms with E-state index in [-0.39, 0.29) is 0 Å². The van der Waals surface area contributed by atoms with E-state index in [0.29, 0.717) is 0 Å². The molecular formula is H2NO6P. The first kappa shape index (κ1) is 7.35. The zero-order chi connectivity index (χ0) is 6.78. The van der Waals surface area contributed by atoms with Crippen molar-refractivity contribution in [3.05, 3.63) is 4.91 Å². The molecular weight excluding hydrogens is 141 g/mol. The van der Waals surface area contributed by atoms with Gasteiger partial charge in [-0.3, -0.25) is 4.57 Å². The van der Waals surface area contributed by atoms with E-state index in [2.05, 4.69) is 4.62 Å². The van der Waals surface area contributed by atoms with E-state index in [0.717, 1.165) is 0 Å². The van der Waals surface area contributed by atoms with Crippen LogP contribution in [0.1, 0.15) is 0 Å². The first-order chi connectivity index (χ1) is 3.42. The zero-order valence-electron chi connectivity index (χ0n) is 3.42. The topological polar surface area (TPSA) is 110 Å². The first-order valence-corrected chi connectivity index (χ1v) is 2.81. The minimum atomic E-state index is -5.11. The van der Waals surface area contributed by atoms with Gasteiger partial charge in [0, 0.05) is 0 Å². The highest BCUT2D eigenvalue weighted by atomic mass is 31.2. The van der Waals surface area contributed by atoms with Gasteiger partial charge in [-0.2, -0.15) is 0 Å². The molecule has 0 heterocycles. The third-order valence-electron chi connectivity index (χ3n) is 0.173. The van der Waals surface area contributed by atoms with E-state index >= 15 is 0 Å². The Hall–Kier alpha value is -0.650. The highest BCUT2D eigenvalue weighted by Crippen LogP contribution is 2.29. The molecule has 8 heteroatoms. The van der Waals surface area contributed by atoms with Crippen molar-refractivity contribution in [3.63, 3.8) is 0 Å². The summed E-state index contributed by atoms with van der Waals surface area (Å²) >= 11 is 0. The summed E-state index contributed by atoms with van der Waals surface area (Å²) in [4.78, 5) is 26.1. The zero-order valence-corrected chi connectivity index (χ0v) is 4.32. The molecule has 2 N–H and O–H groups in total. The molecule has 7 nitrogen and oxygen atoms in total. The Morgan fingerprint density at radius 2 is 2.12 bits per heavy atom. The van der Waals surface area contributed by atoms with Crippen LogP contribution in [0.15, 0.2) is 0 Å². The van der Waals surface area contributed by atoms with Crippen LogP contribution in [-0.2, 0) is 9.19 Å². The summed E-state index contributed by atoms with van der Waals surface area (Å²) in [5.41, 5.74) is 0. The number of phosphoric acid groups is 1. The van der Waals surface area contributed by atoms with Crippen LogP contribution in [0.5, 0.6) is 0 Å². The van der Waals surface area contributed by atoms with Gasteiger partial charge in [-0.1, -0.05) is 0 Å². The molecule has 0 aromatic heterocycles. The molecule has 0 saturated carbocycles. The monoisotopic (exact) mass is 143 g/mol. The van der Waals surface area contributed by atoms with Gasteiger partial charge < -0.3 is 9.79 Å². The fourth-order valence-electron chi connectivity index (χ4n) is 0.0883. The SMILES string of the molecule is O=[N+](O)OP(=O)([O-])O. The predicted molar refractivity (Wildman–Crippen MR) is 16.3 cm³/mol. The second kappa shape index (κ2) is 2.08. The Morgan fingerprint density at radius 3 is 2.12 bits per heavy atom. The maximum absolute atomic E-state index is 9.40. The Morgan fingerprint density at radius 1 is 1.75 bits per heavy atom. The van der Waals surface area contributed by atoms with Crippen molar-refractivity contribution in [1.82, 2.24) is 0 Å². The summed E-state index contributed by atoms with van der Waals surface area (Å²) < 4.78 is 12.2. The quantitative estimate of drug-likeness (QED) is 0.361. The molecule has 0 fully saturated rings. The predicted octanol–water partition coefficient (Wildman–Crippen LogP) is -1.45. The molecule has 0 aliphatic carbocycles. The highest BCUT2D eigenvalue weighted by molar-refractivity contribution is 7.44. The molecule has 48 valence electrons. The van der Waals surface area contributed by atoms with Gasteiger partial charge >= 0.3 is 12.9 Å². The van der Waals surface area contributed by atoms with Crippen LogP contribution < -0.4 is 4.89 Å². The maximum Gasteiger partial charge on any atom is 0.481 e. The highest BCUT2D eigenvalue weighted by Gasteiger charge is 2.15. The number of rotatable bonds is 2. The van der Waals surface area contributed by atoms with Crippen molar-refractivity contribution in [1.29, 1.82) is 0 Å². The van der Waals surface area contributed by atoms with Crippen molar-refractivity contribution in [2.24, 2.45) is 0 Å². The van der Waals surface area contributed by atoms with Crippen molar-refractivity contribution in [2.75, 3.05) is 0 Å². The van der Waals surface area contributed by atoms with Gasteiger partial charge in [-0.15, -0.1) is 4.62 Å². The average molecular weight is 143 g/mol. The van der Waals surface area contributed by atoms with Crippen molar-refractivity contribution in [2.45, 2.75) is 0 Å². The fraction of sp³-hybridized carbons (Fsp3) is 0. The molecule has 0 saturated heterocycles. The van der Waals surface area contributed by atoms with E-state index < -0.39 is 12.9 Å². The summed E-state index contributed by atoms with van der Waals surface area (Å²) in [6, 6.07) is 0. The smallest absolute Gasteiger partial charge is 0.481 e. The van der Waals surface area contributed by atoms with Crippen LogP contribution in [-0.4, -0.2) is 15.2 Å². The third-order valence-corrected chi connectivity index (χ3v) is 0.519. The van der Waals surface area contributed by atoms with Crippen LogP contribution in [0.3, 0.4) is 0 Å². The molecule has 0 aliphatic rings. The van der Waals surface area contributed by atoms with Crippen LogP contribution in [0, 0.1) is 4.91 Å². The lowest BCUT2D eigenvalue weighted by Gasteiger charge is -2.02. The second-order valence-electron chi connectivity index (χ2n) is 0.788. The van der Waals surface area contributed by atoms with Crippen molar-refractivity contribution in [3.8, 4) is 0 Å². The number of hydrogen-bond acceptors (Lipinski definition) is 4. The molecule has 1 atom stereocenters. The van der Waals surface area contributed by atoms with E-state index in [4.69, 9.17) is 10.1 Å². The summed E-state index contributed by atoms with van der Waals surface area (Å²) in [6.45, 7) is 0. The van der Waals surface area contributed by atoms with Crippen molar-refractivity contribution < 1.29 is 29.3 Å². The van der Waals surface area contributed by atoms with E-state index in [1.54, 1.807) is 0 Å². The third kappa shape index (κ3) is 5.35. The molecule has 1 unspecified atom stereocenters. The minimum absolute atomic E-state index is 1.37. The summed E-state index contributed by atoms with van der Waals surface area (Å²) in [5.74, 6) is 0. The van der Waals surface area contributed by atoms with Gasteiger partial charge in [0.15, 0.2) is 0 Å².